The van der Waals surface area contributed by atoms with Crippen LogP contribution in [0.15, 0.2) is 180 Å². The van der Waals surface area contributed by atoms with Crippen molar-refractivity contribution in [3.8, 4) is 22.3 Å². The number of hydrogen-bond donors (Lipinski definition) is 0. The maximum atomic E-state index is 6.45. The van der Waals surface area contributed by atoms with Gasteiger partial charge < -0.3 is 9.32 Å². The maximum Gasteiger partial charge on any atom is 0.137 e. The van der Waals surface area contributed by atoms with E-state index in [4.69, 9.17) is 4.42 Å². The molecule has 0 aliphatic heterocycles. The molecule has 10 aromatic rings. The number of hydrogen-bond acceptors (Lipinski definition) is 3. The van der Waals surface area contributed by atoms with Crippen LogP contribution in [0.4, 0.5) is 17.1 Å². The lowest BCUT2D eigenvalue weighted by atomic mass is 9.95. The summed E-state index contributed by atoms with van der Waals surface area (Å²) >= 11 is 1.85. The van der Waals surface area contributed by atoms with E-state index in [0.717, 1.165) is 50.1 Å². The molecule has 0 radical (unpaired) electrons. The molecule has 49 heavy (non-hydrogen) atoms. The first-order chi connectivity index (χ1) is 24.3. The van der Waals surface area contributed by atoms with Crippen molar-refractivity contribution in [3.63, 3.8) is 0 Å². The number of nitrogens with zero attached hydrogens (tertiary/aromatic N) is 1. The molecule has 0 amide bonds. The van der Waals surface area contributed by atoms with Gasteiger partial charge in [0.2, 0.25) is 0 Å². The van der Waals surface area contributed by atoms with E-state index in [-0.39, 0.29) is 0 Å². The SMILES string of the molecule is c1ccc(-c2ccc(-c3ccc4ccccc4c3)cc2N(c2ccc3c(c2)sc2ccccc23)c2cccc3oc4ccccc4c23)cc1. The molecule has 0 aliphatic carbocycles. The fourth-order valence-electron chi connectivity index (χ4n) is 7.33. The van der Waals surface area contributed by atoms with Crippen molar-refractivity contribution in [2.75, 3.05) is 4.90 Å². The highest BCUT2D eigenvalue weighted by Crippen LogP contribution is 2.48. The van der Waals surface area contributed by atoms with Gasteiger partial charge in [-0.05, 0) is 76.0 Å². The van der Waals surface area contributed by atoms with E-state index in [9.17, 15) is 0 Å². The Kier molecular flexibility index (Phi) is 6.39. The first kappa shape index (κ1) is 27.9. The Balaban J connectivity index is 1.29. The van der Waals surface area contributed by atoms with Gasteiger partial charge in [-0.25, -0.2) is 0 Å². The molecule has 0 saturated heterocycles. The van der Waals surface area contributed by atoms with Crippen molar-refractivity contribution in [3.05, 3.63) is 176 Å². The van der Waals surface area contributed by atoms with Gasteiger partial charge in [0.15, 0.2) is 0 Å². The third-order valence-electron chi connectivity index (χ3n) is 9.65. The summed E-state index contributed by atoms with van der Waals surface area (Å²) in [6, 6.07) is 63.4. The van der Waals surface area contributed by atoms with Gasteiger partial charge in [0.05, 0.1) is 16.8 Å². The number of furan rings is 1. The predicted molar refractivity (Wildman–Crippen MR) is 210 cm³/mol. The molecular weight excluding hydrogens is 615 g/mol. The standard InChI is InChI=1S/C46H29NOS/c1-2-12-31(13-3-1)36-25-23-34(33-22-21-30-11-4-5-14-32(30)27-33)28-41(36)47(35-24-26-38-37-15-7-9-20-44(37)49-45(38)29-35)40-17-10-19-43-46(40)39-16-6-8-18-42(39)48-43/h1-29H. The normalized spacial score (nSPS) is 11.7. The average molecular weight is 644 g/mol. The molecule has 2 nitrogen and oxygen atoms in total. The Hall–Kier alpha value is -6.16. The van der Waals surface area contributed by atoms with Crippen LogP contribution in [-0.2, 0) is 0 Å². The first-order valence-electron chi connectivity index (χ1n) is 16.6. The summed E-state index contributed by atoms with van der Waals surface area (Å²) in [5, 5.41) is 7.26. The molecule has 230 valence electrons. The molecule has 3 heteroatoms. The van der Waals surface area contributed by atoms with E-state index in [2.05, 4.69) is 175 Å². The Morgan fingerprint density at radius 3 is 2.04 bits per heavy atom. The van der Waals surface area contributed by atoms with E-state index in [1.807, 2.05) is 17.4 Å². The third kappa shape index (κ3) is 4.62. The van der Waals surface area contributed by atoms with Crippen molar-refractivity contribution in [2.24, 2.45) is 0 Å². The topological polar surface area (TPSA) is 16.4 Å². The highest BCUT2D eigenvalue weighted by atomic mass is 32.1. The van der Waals surface area contributed by atoms with Gasteiger partial charge in [-0.3, -0.25) is 0 Å². The van der Waals surface area contributed by atoms with Crippen LogP contribution in [-0.4, -0.2) is 0 Å². The molecule has 0 fully saturated rings. The summed E-state index contributed by atoms with van der Waals surface area (Å²) < 4.78 is 9.01. The van der Waals surface area contributed by atoms with Crippen LogP contribution in [0.3, 0.4) is 0 Å². The molecule has 0 saturated carbocycles. The summed E-state index contributed by atoms with van der Waals surface area (Å²) in [6.07, 6.45) is 0. The predicted octanol–water partition coefficient (Wildman–Crippen LogP) is 13.9. The largest absolute Gasteiger partial charge is 0.456 e. The molecule has 0 spiro atoms. The molecule has 0 atom stereocenters. The van der Waals surface area contributed by atoms with Crippen LogP contribution in [0.25, 0.3) is 75.1 Å². The number of rotatable bonds is 5. The van der Waals surface area contributed by atoms with Crippen molar-refractivity contribution < 1.29 is 4.42 Å². The maximum absolute atomic E-state index is 6.45. The minimum absolute atomic E-state index is 0.874. The van der Waals surface area contributed by atoms with Crippen LogP contribution in [0.1, 0.15) is 0 Å². The Labute approximate surface area is 287 Å². The third-order valence-corrected chi connectivity index (χ3v) is 10.8. The average Bonchev–Trinajstić information content (AvgIpc) is 3.74. The van der Waals surface area contributed by atoms with Crippen LogP contribution >= 0.6 is 11.3 Å². The lowest BCUT2D eigenvalue weighted by molar-refractivity contribution is 0.669. The second-order valence-corrected chi connectivity index (χ2v) is 13.6. The molecule has 2 heterocycles. The van der Waals surface area contributed by atoms with E-state index >= 15 is 0 Å². The van der Waals surface area contributed by atoms with Crippen LogP contribution in [0, 0.1) is 0 Å². The van der Waals surface area contributed by atoms with Crippen LogP contribution in [0.2, 0.25) is 0 Å². The quantitative estimate of drug-likeness (QED) is 0.186. The zero-order chi connectivity index (χ0) is 32.3. The van der Waals surface area contributed by atoms with Crippen molar-refractivity contribution in [1.29, 1.82) is 0 Å². The van der Waals surface area contributed by atoms with E-state index in [0.29, 0.717) is 0 Å². The van der Waals surface area contributed by atoms with Crippen LogP contribution in [0.5, 0.6) is 0 Å². The number of anilines is 3. The zero-order valence-corrected chi connectivity index (χ0v) is 27.3. The number of para-hydroxylation sites is 1. The van der Waals surface area contributed by atoms with Crippen molar-refractivity contribution in [1.82, 2.24) is 0 Å². The van der Waals surface area contributed by atoms with Gasteiger partial charge in [-0.2, -0.15) is 0 Å². The molecule has 0 unspecified atom stereocenters. The number of fused-ring (bicyclic) bond motifs is 7. The lowest BCUT2D eigenvalue weighted by Gasteiger charge is -2.29. The summed E-state index contributed by atoms with van der Waals surface area (Å²) in [6.45, 7) is 0. The Bertz CT molecular complexity index is 2840. The Morgan fingerprint density at radius 2 is 1.12 bits per heavy atom. The summed E-state index contributed by atoms with van der Waals surface area (Å²) in [7, 11) is 0. The molecule has 10 rings (SSSR count). The summed E-state index contributed by atoms with van der Waals surface area (Å²) in [5.41, 5.74) is 9.72. The van der Waals surface area contributed by atoms with Gasteiger partial charge >= 0.3 is 0 Å². The monoisotopic (exact) mass is 643 g/mol. The fraction of sp³-hybridized carbons (Fsp3) is 0. The summed E-state index contributed by atoms with van der Waals surface area (Å²) in [4.78, 5) is 2.45. The van der Waals surface area contributed by atoms with Crippen molar-refractivity contribution >= 4 is 81.3 Å². The Morgan fingerprint density at radius 1 is 0.408 bits per heavy atom. The molecule has 2 aromatic heterocycles. The molecule has 0 N–H and O–H groups in total. The number of thiophene rings is 1. The molecule has 8 aromatic carbocycles. The minimum Gasteiger partial charge on any atom is -0.456 e. The fourth-order valence-corrected chi connectivity index (χ4v) is 8.47. The number of benzene rings is 8. The van der Waals surface area contributed by atoms with Gasteiger partial charge in [0, 0.05) is 36.8 Å². The van der Waals surface area contributed by atoms with Gasteiger partial charge in [0.25, 0.3) is 0 Å². The van der Waals surface area contributed by atoms with Crippen LogP contribution < -0.4 is 4.90 Å². The van der Waals surface area contributed by atoms with E-state index in [1.165, 1.54) is 42.1 Å². The first-order valence-corrected chi connectivity index (χ1v) is 17.4. The van der Waals surface area contributed by atoms with E-state index in [1.54, 1.807) is 0 Å². The van der Waals surface area contributed by atoms with Gasteiger partial charge in [-0.15, -0.1) is 11.3 Å². The zero-order valence-electron chi connectivity index (χ0n) is 26.5. The second-order valence-electron chi connectivity index (χ2n) is 12.5. The van der Waals surface area contributed by atoms with E-state index < -0.39 is 0 Å². The van der Waals surface area contributed by atoms with Crippen molar-refractivity contribution in [2.45, 2.75) is 0 Å². The lowest BCUT2D eigenvalue weighted by Crippen LogP contribution is -2.12. The van der Waals surface area contributed by atoms with Gasteiger partial charge in [0.1, 0.15) is 11.2 Å². The smallest absolute Gasteiger partial charge is 0.137 e. The molecule has 0 aliphatic rings. The highest BCUT2D eigenvalue weighted by molar-refractivity contribution is 7.25. The molecular formula is C46H29NOS. The minimum atomic E-state index is 0.874. The second kappa shape index (κ2) is 11.2. The molecule has 0 bridgehead atoms. The summed E-state index contributed by atoms with van der Waals surface area (Å²) in [5.74, 6) is 0. The van der Waals surface area contributed by atoms with Gasteiger partial charge in [-0.1, -0.05) is 127 Å². The highest BCUT2D eigenvalue weighted by Gasteiger charge is 2.23.